The second-order valence-electron chi connectivity index (χ2n) is 4.59. The van der Waals surface area contributed by atoms with E-state index in [2.05, 4.69) is 0 Å². The van der Waals surface area contributed by atoms with Gasteiger partial charge in [0.25, 0.3) is 5.69 Å². The van der Waals surface area contributed by atoms with E-state index in [4.69, 9.17) is 4.74 Å². The molecule has 6 heteroatoms. The highest BCUT2D eigenvalue weighted by molar-refractivity contribution is 5.51. The fourth-order valence-corrected chi connectivity index (χ4v) is 1.98. The highest BCUT2D eigenvalue weighted by Crippen LogP contribution is 2.35. The van der Waals surface area contributed by atoms with Gasteiger partial charge >= 0.3 is 0 Å². The quantitative estimate of drug-likeness (QED) is 0.685. The predicted molar refractivity (Wildman–Crippen MR) is 74.9 cm³/mol. The molecule has 2 rings (SSSR count). The second-order valence-corrected chi connectivity index (χ2v) is 4.59. The van der Waals surface area contributed by atoms with E-state index in [1.54, 1.807) is 0 Å². The Bertz CT molecular complexity index is 685. The Morgan fingerprint density at radius 1 is 1.29 bits per heavy atom. The van der Waals surface area contributed by atoms with Gasteiger partial charge in [0, 0.05) is 11.6 Å². The van der Waals surface area contributed by atoms with E-state index in [1.807, 2.05) is 0 Å². The van der Waals surface area contributed by atoms with Crippen molar-refractivity contribution in [2.75, 3.05) is 0 Å². The molecular formula is C15H14FNO4. The molecule has 21 heavy (non-hydrogen) atoms. The number of para-hydroxylation sites is 1. The summed E-state index contributed by atoms with van der Waals surface area (Å²) in [5, 5.41) is 20.6. The minimum atomic E-state index is -0.922. The number of aliphatic hydroxyl groups is 1. The number of ether oxygens (including phenoxy) is 1. The Labute approximate surface area is 120 Å². The molecule has 0 unspecified atom stereocenters. The standard InChI is InChI=1S/C15H14FNO4/c1-9-13(17(19)20)7-4-8-14(9)21-15-11(10(2)18)5-3-6-12(15)16/h3-8,10,18H,1-2H3/t10-/m1/s1. The molecule has 1 atom stereocenters. The largest absolute Gasteiger partial charge is 0.453 e. The maximum absolute atomic E-state index is 13.9. The summed E-state index contributed by atoms with van der Waals surface area (Å²) in [4.78, 5) is 10.4. The van der Waals surface area contributed by atoms with Crippen LogP contribution in [0.2, 0.25) is 0 Å². The molecule has 1 N–H and O–H groups in total. The van der Waals surface area contributed by atoms with Gasteiger partial charge in [-0.2, -0.15) is 0 Å². The molecule has 0 bridgehead atoms. The zero-order valence-corrected chi connectivity index (χ0v) is 11.5. The number of nitro groups is 1. The molecule has 0 fully saturated rings. The van der Waals surface area contributed by atoms with Gasteiger partial charge in [-0.15, -0.1) is 0 Å². The van der Waals surface area contributed by atoms with Crippen molar-refractivity contribution in [1.29, 1.82) is 0 Å². The number of benzene rings is 2. The number of rotatable bonds is 4. The van der Waals surface area contributed by atoms with Crippen LogP contribution >= 0.6 is 0 Å². The first-order valence-electron chi connectivity index (χ1n) is 6.30. The van der Waals surface area contributed by atoms with Crippen LogP contribution in [0.25, 0.3) is 0 Å². The van der Waals surface area contributed by atoms with Crippen molar-refractivity contribution in [3.63, 3.8) is 0 Å². The Kier molecular flexibility index (Phi) is 4.18. The van der Waals surface area contributed by atoms with Gasteiger partial charge in [0.05, 0.1) is 16.6 Å². The van der Waals surface area contributed by atoms with Crippen LogP contribution in [0.3, 0.4) is 0 Å². The molecule has 0 aliphatic heterocycles. The number of aliphatic hydroxyl groups excluding tert-OH is 1. The van der Waals surface area contributed by atoms with E-state index in [0.717, 1.165) is 0 Å². The summed E-state index contributed by atoms with van der Waals surface area (Å²) in [6, 6.07) is 8.53. The lowest BCUT2D eigenvalue weighted by molar-refractivity contribution is -0.385. The van der Waals surface area contributed by atoms with Gasteiger partial charge in [0.15, 0.2) is 11.6 Å². The third-order valence-corrected chi connectivity index (χ3v) is 3.11. The smallest absolute Gasteiger partial charge is 0.276 e. The number of hydrogen-bond donors (Lipinski definition) is 1. The summed E-state index contributed by atoms with van der Waals surface area (Å²) in [5.74, 6) is -0.591. The summed E-state index contributed by atoms with van der Waals surface area (Å²) in [7, 11) is 0. The van der Waals surface area contributed by atoms with Gasteiger partial charge in [-0.25, -0.2) is 4.39 Å². The van der Waals surface area contributed by atoms with Gasteiger partial charge in [-0.3, -0.25) is 10.1 Å². The van der Waals surface area contributed by atoms with Crippen LogP contribution in [0.15, 0.2) is 36.4 Å². The molecule has 110 valence electrons. The van der Waals surface area contributed by atoms with Crippen molar-refractivity contribution >= 4 is 5.69 Å². The van der Waals surface area contributed by atoms with Crippen LogP contribution in [0.4, 0.5) is 10.1 Å². The van der Waals surface area contributed by atoms with Crippen molar-refractivity contribution in [3.05, 3.63) is 63.5 Å². The van der Waals surface area contributed by atoms with E-state index in [9.17, 15) is 19.6 Å². The van der Waals surface area contributed by atoms with Crippen molar-refractivity contribution in [2.24, 2.45) is 0 Å². The van der Waals surface area contributed by atoms with Gasteiger partial charge in [0.1, 0.15) is 5.75 Å². The van der Waals surface area contributed by atoms with Crippen LogP contribution < -0.4 is 4.74 Å². The Morgan fingerprint density at radius 3 is 2.57 bits per heavy atom. The van der Waals surface area contributed by atoms with E-state index in [0.29, 0.717) is 5.56 Å². The highest BCUT2D eigenvalue weighted by Gasteiger charge is 2.19. The third-order valence-electron chi connectivity index (χ3n) is 3.11. The molecule has 0 saturated carbocycles. The average Bonchev–Trinajstić information content (AvgIpc) is 2.42. The van der Waals surface area contributed by atoms with Crippen molar-refractivity contribution in [2.45, 2.75) is 20.0 Å². The lowest BCUT2D eigenvalue weighted by atomic mass is 10.1. The lowest BCUT2D eigenvalue weighted by Crippen LogP contribution is -2.00. The van der Waals surface area contributed by atoms with E-state index < -0.39 is 16.8 Å². The van der Waals surface area contributed by atoms with E-state index in [1.165, 1.54) is 50.2 Å². The number of nitrogens with zero attached hydrogens (tertiary/aromatic N) is 1. The van der Waals surface area contributed by atoms with Gasteiger partial charge < -0.3 is 9.84 Å². The third kappa shape index (κ3) is 3.00. The maximum atomic E-state index is 13.9. The molecular weight excluding hydrogens is 277 g/mol. The zero-order valence-electron chi connectivity index (χ0n) is 11.5. The molecule has 0 aliphatic rings. The summed E-state index contributed by atoms with van der Waals surface area (Å²) < 4.78 is 19.4. The molecule has 0 amide bonds. The average molecular weight is 291 g/mol. The monoisotopic (exact) mass is 291 g/mol. The molecule has 0 aromatic heterocycles. The van der Waals surface area contributed by atoms with Crippen LogP contribution in [0, 0.1) is 22.9 Å². The first-order chi connectivity index (χ1) is 9.91. The van der Waals surface area contributed by atoms with Crippen LogP contribution in [0.1, 0.15) is 24.2 Å². The number of nitro benzene ring substituents is 1. The normalized spacial score (nSPS) is 12.0. The molecule has 0 radical (unpaired) electrons. The second kappa shape index (κ2) is 5.88. The van der Waals surface area contributed by atoms with Gasteiger partial charge in [-0.1, -0.05) is 18.2 Å². The van der Waals surface area contributed by atoms with Crippen molar-refractivity contribution in [3.8, 4) is 11.5 Å². The van der Waals surface area contributed by atoms with Crippen LogP contribution in [-0.2, 0) is 0 Å². The first-order valence-corrected chi connectivity index (χ1v) is 6.30. The van der Waals surface area contributed by atoms with Gasteiger partial charge in [0.2, 0.25) is 0 Å². The van der Waals surface area contributed by atoms with Crippen LogP contribution in [-0.4, -0.2) is 10.0 Å². The molecule has 2 aromatic rings. The zero-order chi connectivity index (χ0) is 15.6. The van der Waals surface area contributed by atoms with Crippen molar-refractivity contribution in [1.82, 2.24) is 0 Å². The molecule has 2 aromatic carbocycles. The summed E-state index contributed by atoms with van der Waals surface area (Å²) in [6.45, 7) is 3.01. The SMILES string of the molecule is Cc1c(Oc2c(F)cccc2[C@@H](C)O)cccc1[N+](=O)[O-]. The summed E-state index contributed by atoms with van der Waals surface area (Å²) in [6.07, 6.45) is -0.922. The van der Waals surface area contributed by atoms with E-state index >= 15 is 0 Å². The van der Waals surface area contributed by atoms with Crippen LogP contribution in [0.5, 0.6) is 11.5 Å². The predicted octanol–water partition coefficient (Wildman–Crippen LogP) is 3.89. The topological polar surface area (TPSA) is 72.6 Å². The molecule has 5 nitrogen and oxygen atoms in total. The molecule has 0 heterocycles. The Hall–Kier alpha value is -2.47. The van der Waals surface area contributed by atoms with Gasteiger partial charge in [-0.05, 0) is 26.0 Å². The Balaban J connectivity index is 2.49. The number of hydrogen-bond acceptors (Lipinski definition) is 4. The van der Waals surface area contributed by atoms with E-state index in [-0.39, 0.29) is 22.7 Å². The number of halogens is 1. The molecule has 0 aliphatic carbocycles. The lowest BCUT2D eigenvalue weighted by Gasteiger charge is -2.15. The maximum Gasteiger partial charge on any atom is 0.276 e. The minimum Gasteiger partial charge on any atom is -0.453 e. The fourth-order valence-electron chi connectivity index (χ4n) is 1.98. The highest BCUT2D eigenvalue weighted by atomic mass is 19.1. The minimum absolute atomic E-state index is 0.109. The fraction of sp³-hybridized carbons (Fsp3) is 0.200. The summed E-state index contributed by atoms with van der Waals surface area (Å²) >= 11 is 0. The summed E-state index contributed by atoms with van der Waals surface area (Å²) in [5.41, 5.74) is 0.464. The molecule has 0 saturated heterocycles. The molecule has 0 spiro atoms. The Morgan fingerprint density at radius 2 is 1.95 bits per heavy atom. The first kappa shape index (κ1) is 14.9. The van der Waals surface area contributed by atoms with Crippen molar-refractivity contribution < 1.29 is 19.2 Å².